The molecule has 140 valence electrons. The summed E-state index contributed by atoms with van der Waals surface area (Å²) in [5, 5.41) is 2.82. The van der Waals surface area contributed by atoms with Gasteiger partial charge in [0.15, 0.2) is 0 Å². The third kappa shape index (κ3) is 4.69. The van der Waals surface area contributed by atoms with E-state index < -0.39 is 5.69 Å². The average Bonchev–Trinajstić information content (AvgIpc) is 3.05. The Morgan fingerprint density at radius 2 is 2.00 bits per heavy atom. The van der Waals surface area contributed by atoms with Crippen LogP contribution in [0, 0.1) is 12.8 Å². The predicted octanol–water partition coefficient (Wildman–Crippen LogP) is 2.39. The lowest BCUT2D eigenvalue weighted by Gasteiger charge is -2.09. The van der Waals surface area contributed by atoms with Crippen LogP contribution in [0.5, 0.6) is 0 Å². The van der Waals surface area contributed by atoms with E-state index in [1.807, 2.05) is 55.8 Å². The highest BCUT2D eigenvalue weighted by atomic mass is 16.2. The van der Waals surface area contributed by atoms with Crippen LogP contribution in [0.25, 0.3) is 5.69 Å². The van der Waals surface area contributed by atoms with Gasteiger partial charge in [-0.3, -0.25) is 4.79 Å². The van der Waals surface area contributed by atoms with Gasteiger partial charge in [-0.05, 0) is 43.0 Å². The van der Waals surface area contributed by atoms with Gasteiger partial charge in [-0.2, -0.15) is 4.98 Å². The second kappa shape index (κ2) is 7.99. The summed E-state index contributed by atoms with van der Waals surface area (Å²) in [5.74, 6) is 0.922. The summed E-state index contributed by atoms with van der Waals surface area (Å²) in [4.78, 5) is 34.7. The van der Waals surface area contributed by atoms with Crippen molar-refractivity contribution in [3.8, 4) is 5.69 Å². The summed E-state index contributed by atoms with van der Waals surface area (Å²) in [6.07, 6.45) is 4.35. The van der Waals surface area contributed by atoms with Gasteiger partial charge in [-0.1, -0.05) is 26.0 Å². The first-order chi connectivity index (χ1) is 12.9. The van der Waals surface area contributed by atoms with Crippen molar-refractivity contribution in [1.82, 2.24) is 24.8 Å². The number of H-pyrrole nitrogens is 1. The first-order valence-corrected chi connectivity index (χ1v) is 8.90. The van der Waals surface area contributed by atoms with E-state index in [0.717, 1.165) is 22.8 Å². The van der Waals surface area contributed by atoms with Crippen molar-refractivity contribution in [1.29, 1.82) is 0 Å². The Hall–Kier alpha value is -3.22. The molecule has 1 aromatic carbocycles. The second-order valence-corrected chi connectivity index (χ2v) is 6.89. The maximum absolute atomic E-state index is 12.4. The molecule has 0 saturated heterocycles. The summed E-state index contributed by atoms with van der Waals surface area (Å²) in [6.45, 7) is 6.40. The van der Waals surface area contributed by atoms with Gasteiger partial charge < -0.3 is 14.9 Å². The number of hydrogen-bond acceptors (Lipinski definition) is 4. The number of hydrogen-bond donors (Lipinski definition) is 2. The van der Waals surface area contributed by atoms with Crippen molar-refractivity contribution in [3.05, 3.63) is 76.0 Å². The van der Waals surface area contributed by atoms with E-state index in [1.165, 1.54) is 0 Å². The third-order valence-electron chi connectivity index (χ3n) is 4.15. The van der Waals surface area contributed by atoms with Crippen LogP contribution in [-0.2, 0) is 13.0 Å². The topological polar surface area (TPSA) is 92.7 Å². The molecule has 2 N–H and O–H groups in total. The van der Waals surface area contributed by atoms with Crippen molar-refractivity contribution in [2.45, 2.75) is 33.7 Å². The molecule has 0 saturated carbocycles. The van der Waals surface area contributed by atoms with E-state index in [-0.39, 0.29) is 11.6 Å². The van der Waals surface area contributed by atoms with Gasteiger partial charge in [-0.25, -0.2) is 9.78 Å². The summed E-state index contributed by atoms with van der Waals surface area (Å²) < 4.78 is 1.98. The molecular formula is C20H23N5O2. The van der Waals surface area contributed by atoms with Crippen LogP contribution in [0.1, 0.15) is 41.4 Å². The number of amides is 1. The number of rotatable bonds is 6. The number of nitrogens with one attached hydrogen (secondary N) is 2. The van der Waals surface area contributed by atoms with Crippen LogP contribution in [0.4, 0.5) is 0 Å². The van der Waals surface area contributed by atoms with Crippen molar-refractivity contribution in [2.75, 3.05) is 0 Å². The Balaban J connectivity index is 1.66. The van der Waals surface area contributed by atoms with Crippen LogP contribution >= 0.6 is 0 Å². The summed E-state index contributed by atoms with van der Waals surface area (Å²) in [7, 11) is 0. The van der Waals surface area contributed by atoms with Crippen LogP contribution < -0.4 is 11.0 Å². The number of aromatic nitrogens is 4. The minimum Gasteiger partial charge on any atom is -0.347 e. The second-order valence-electron chi connectivity index (χ2n) is 6.89. The van der Waals surface area contributed by atoms with E-state index in [4.69, 9.17) is 0 Å². The number of imidazole rings is 1. The molecule has 3 aromatic rings. The van der Waals surface area contributed by atoms with E-state index in [2.05, 4.69) is 20.3 Å². The SMILES string of the molecule is Cc1nccn1-c1ccc(CNC(=O)c2cc(CC(C)C)[nH]c(=O)n2)cc1. The van der Waals surface area contributed by atoms with Gasteiger partial charge in [0.1, 0.15) is 11.5 Å². The molecule has 7 heteroatoms. The highest BCUT2D eigenvalue weighted by Crippen LogP contribution is 2.12. The molecule has 0 fully saturated rings. The highest BCUT2D eigenvalue weighted by Gasteiger charge is 2.11. The van der Waals surface area contributed by atoms with Crippen LogP contribution in [0.15, 0.2) is 47.5 Å². The molecule has 0 unspecified atom stereocenters. The number of nitrogens with zero attached hydrogens (tertiary/aromatic N) is 3. The molecule has 2 aromatic heterocycles. The van der Waals surface area contributed by atoms with Gasteiger partial charge in [0.25, 0.3) is 5.91 Å². The zero-order valence-corrected chi connectivity index (χ0v) is 15.7. The maximum atomic E-state index is 12.4. The van der Waals surface area contributed by atoms with Crippen molar-refractivity contribution >= 4 is 5.91 Å². The van der Waals surface area contributed by atoms with Gasteiger partial charge >= 0.3 is 5.69 Å². The minimum atomic E-state index is -0.502. The monoisotopic (exact) mass is 365 g/mol. The molecule has 0 aliphatic carbocycles. The highest BCUT2D eigenvalue weighted by molar-refractivity contribution is 5.92. The fourth-order valence-electron chi connectivity index (χ4n) is 2.87. The molecule has 0 aliphatic heterocycles. The summed E-state index contributed by atoms with van der Waals surface area (Å²) >= 11 is 0. The molecule has 0 bridgehead atoms. The zero-order valence-electron chi connectivity index (χ0n) is 15.7. The predicted molar refractivity (Wildman–Crippen MR) is 103 cm³/mol. The molecule has 1 amide bonds. The van der Waals surface area contributed by atoms with Crippen molar-refractivity contribution < 1.29 is 4.79 Å². The van der Waals surface area contributed by atoms with Gasteiger partial charge in [0.05, 0.1) is 0 Å². The molecule has 0 spiro atoms. The molecule has 7 nitrogen and oxygen atoms in total. The van der Waals surface area contributed by atoms with E-state index in [9.17, 15) is 9.59 Å². The number of aromatic amines is 1. The molecule has 0 radical (unpaired) electrons. The lowest BCUT2D eigenvalue weighted by atomic mass is 10.1. The van der Waals surface area contributed by atoms with E-state index in [0.29, 0.717) is 18.9 Å². The lowest BCUT2D eigenvalue weighted by Crippen LogP contribution is -2.27. The largest absolute Gasteiger partial charge is 0.347 e. The average molecular weight is 365 g/mol. The first-order valence-electron chi connectivity index (χ1n) is 8.90. The first kappa shape index (κ1) is 18.6. The smallest absolute Gasteiger partial charge is 0.345 e. The molecule has 2 heterocycles. The van der Waals surface area contributed by atoms with Gasteiger partial charge in [0, 0.05) is 30.3 Å². The zero-order chi connectivity index (χ0) is 19.4. The standard InChI is InChI=1S/C20H23N5O2/c1-13(2)10-16-11-18(24-20(27)23-16)19(26)22-12-15-4-6-17(7-5-15)25-9-8-21-14(25)3/h4-9,11,13H,10,12H2,1-3H3,(H,22,26)(H,23,24,27). The quantitative estimate of drug-likeness (QED) is 0.701. The number of benzene rings is 1. The van der Waals surface area contributed by atoms with Crippen LogP contribution in [0.2, 0.25) is 0 Å². The van der Waals surface area contributed by atoms with Crippen LogP contribution in [0.3, 0.4) is 0 Å². The number of carbonyl (C=O) groups excluding carboxylic acids is 1. The maximum Gasteiger partial charge on any atom is 0.345 e. The summed E-state index contributed by atoms with van der Waals surface area (Å²) in [5.41, 5.74) is 2.32. The van der Waals surface area contributed by atoms with Gasteiger partial charge in [-0.15, -0.1) is 0 Å². The fourth-order valence-corrected chi connectivity index (χ4v) is 2.87. The minimum absolute atomic E-state index is 0.139. The lowest BCUT2D eigenvalue weighted by molar-refractivity contribution is 0.0945. The third-order valence-corrected chi connectivity index (χ3v) is 4.15. The Bertz CT molecular complexity index is 986. The Morgan fingerprint density at radius 1 is 1.26 bits per heavy atom. The molecule has 0 atom stereocenters. The fraction of sp³-hybridized carbons (Fsp3) is 0.300. The Kier molecular flexibility index (Phi) is 5.49. The number of aryl methyl sites for hydroxylation is 1. The van der Waals surface area contributed by atoms with Gasteiger partial charge in [0.2, 0.25) is 0 Å². The molecular weight excluding hydrogens is 342 g/mol. The van der Waals surface area contributed by atoms with E-state index >= 15 is 0 Å². The number of carbonyl (C=O) groups is 1. The molecule has 27 heavy (non-hydrogen) atoms. The Labute approximate surface area is 157 Å². The Morgan fingerprint density at radius 3 is 2.63 bits per heavy atom. The van der Waals surface area contributed by atoms with Crippen LogP contribution in [-0.4, -0.2) is 25.4 Å². The molecule has 3 rings (SSSR count). The summed E-state index contributed by atoms with van der Waals surface area (Å²) in [6, 6.07) is 9.49. The van der Waals surface area contributed by atoms with Crippen molar-refractivity contribution in [3.63, 3.8) is 0 Å². The molecule has 0 aliphatic rings. The van der Waals surface area contributed by atoms with E-state index in [1.54, 1.807) is 12.3 Å². The van der Waals surface area contributed by atoms with Crippen molar-refractivity contribution in [2.24, 2.45) is 5.92 Å². The normalized spacial score (nSPS) is 11.0.